The fourth-order valence-corrected chi connectivity index (χ4v) is 9.23. The van der Waals surface area contributed by atoms with Crippen molar-refractivity contribution in [1.82, 2.24) is 5.01 Å². The molecule has 4 aromatic carbocycles. The molecule has 4 aromatic rings. The molecule has 2 N–H and O–H groups in total. The van der Waals surface area contributed by atoms with Gasteiger partial charge in [0.2, 0.25) is 11.8 Å². The molecular formula is C41H35ClFN3O6. The number of hydrogen-bond acceptors (Lipinski definition) is 7. The highest BCUT2D eigenvalue weighted by Crippen LogP contribution is 2.66. The van der Waals surface area contributed by atoms with Gasteiger partial charge in [-0.1, -0.05) is 60.5 Å². The number of imide groups is 2. The molecule has 3 fully saturated rings. The van der Waals surface area contributed by atoms with Gasteiger partial charge >= 0.3 is 0 Å². The van der Waals surface area contributed by atoms with Gasteiger partial charge in [-0.15, -0.1) is 0 Å². The molecule has 9 nitrogen and oxygen atoms in total. The summed E-state index contributed by atoms with van der Waals surface area (Å²) in [7, 11) is 1.46. The highest BCUT2D eigenvalue weighted by molar-refractivity contribution is 6.30. The lowest BCUT2D eigenvalue weighted by molar-refractivity contribution is -0.138. The van der Waals surface area contributed by atoms with Gasteiger partial charge in [-0.05, 0) is 97.0 Å². The van der Waals surface area contributed by atoms with E-state index in [0.29, 0.717) is 27.5 Å². The average Bonchev–Trinajstić information content (AvgIpc) is 3.53. The Bertz CT molecular complexity index is 2150. The molecule has 11 heteroatoms. The summed E-state index contributed by atoms with van der Waals surface area (Å²) in [6.07, 6.45) is 3.00. The number of hydrogen-bond donors (Lipinski definition) is 2. The first-order valence-electron chi connectivity index (χ1n) is 17.3. The number of carbonyl (C=O) groups excluding carboxylic acids is 4. The van der Waals surface area contributed by atoms with Gasteiger partial charge in [-0.25, -0.2) is 4.39 Å². The number of allylic oxidation sites excluding steroid dienone is 2. The van der Waals surface area contributed by atoms with Crippen molar-refractivity contribution < 1.29 is 33.4 Å². The number of phenols is 1. The second kappa shape index (κ2) is 12.6. The molecule has 4 aliphatic rings. The summed E-state index contributed by atoms with van der Waals surface area (Å²) < 4.78 is 19.7. The van der Waals surface area contributed by atoms with Crippen molar-refractivity contribution in [2.75, 3.05) is 17.4 Å². The fourth-order valence-electron chi connectivity index (χ4n) is 9.10. The quantitative estimate of drug-likeness (QED) is 0.157. The van der Waals surface area contributed by atoms with Crippen molar-refractivity contribution >= 4 is 46.6 Å². The van der Waals surface area contributed by atoms with Gasteiger partial charge in [0.25, 0.3) is 11.8 Å². The van der Waals surface area contributed by atoms with E-state index >= 15 is 4.79 Å². The molecule has 52 heavy (non-hydrogen) atoms. The van der Waals surface area contributed by atoms with E-state index in [9.17, 15) is 23.9 Å². The van der Waals surface area contributed by atoms with E-state index in [-0.39, 0.29) is 41.7 Å². The number of fused-ring (bicyclic) bond motifs is 4. The van der Waals surface area contributed by atoms with Crippen molar-refractivity contribution in [3.63, 3.8) is 0 Å². The van der Waals surface area contributed by atoms with Crippen LogP contribution in [0.3, 0.4) is 0 Å². The summed E-state index contributed by atoms with van der Waals surface area (Å²) in [5.41, 5.74) is 4.56. The lowest BCUT2D eigenvalue weighted by Crippen LogP contribution is -2.53. The number of nitrogens with one attached hydrogen (secondary N) is 1. The van der Waals surface area contributed by atoms with Crippen LogP contribution in [0.1, 0.15) is 42.4 Å². The molecule has 8 rings (SSSR count). The zero-order valence-electron chi connectivity index (χ0n) is 28.4. The zero-order chi connectivity index (χ0) is 36.5. The topological polar surface area (TPSA) is 116 Å². The van der Waals surface area contributed by atoms with Gasteiger partial charge in [0, 0.05) is 16.5 Å². The van der Waals surface area contributed by atoms with Gasteiger partial charge in [0.15, 0.2) is 0 Å². The molecule has 0 aromatic heterocycles. The molecular weight excluding hydrogens is 685 g/mol. The molecule has 2 aliphatic heterocycles. The van der Waals surface area contributed by atoms with E-state index in [0.717, 1.165) is 17.0 Å². The summed E-state index contributed by atoms with van der Waals surface area (Å²) in [6, 6.07) is 24.1. The fraction of sp³-hybridized carbons (Fsp3) is 0.268. The smallest absolute Gasteiger partial charge is 0.260 e. The Morgan fingerprint density at radius 2 is 1.62 bits per heavy atom. The second-order valence-corrected chi connectivity index (χ2v) is 14.2. The highest BCUT2D eigenvalue weighted by atomic mass is 35.5. The third-order valence-electron chi connectivity index (χ3n) is 11.4. The SMILES string of the molecule is CCc1ccc(N2C(=O)[C@H]3[C@H](CC=C4[C@H]3C[C@H]3C(=O)N(Nc5ccc(F)cc5)C(=O)[C@@]3(c3ccc(Cl)cc3)[C@H]4c3c(O)cccc3OC)C2=O)cc1. The van der Waals surface area contributed by atoms with Crippen molar-refractivity contribution in [1.29, 1.82) is 0 Å². The molecule has 0 unspecified atom stereocenters. The summed E-state index contributed by atoms with van der Waals surface area (Å²) >= 11 is 6.36. The average molecular weight is 720 g/mol. The van der Waals surface area contributed by atoms with Crippen molar-refractivity contribution in [2.45, 2.75) is 37.5 Å². The number of amides is 4. The summed E-state index contributed by atoms with van der Waals surface area (Å²) in [5.74, 6) is -6.40. The van der Waals surface area contributed by atoms with Crippen molar-refractivity contribution in [2.24, 2.45) is 23.7 Å². The van der Waals surface area contributed by atoms with Crippen LogP contribution in [0.25, 0.3) is 0 Å². The minimum atomic E-state index is -1.66. The standard InChI is InChI=1S/C41H35ClFN3O6/c1-3-22-7-17-27(18-8-22)45-37(48)29-20-19-28-30(34(29)39(45)50)21-31-38(49)46(44-26-15-13-25(43)14-16-26)40(51)41(31,23-9-11-24(42)12-10-23)36(28)35-32(47)5-4-6-33(35)52-2/h4-19,29-31,34,36,44,47H,3,20-21H2,1-2H3/t29-,30+,31-,34-,36+,41+/m0/s1. The number of halogens is 2. The lowest BCUT2D eigenvalue weighted by atomic mass is 9.49. The molecule has 4 amide bonds. The molecule has 2 heterocycles. The number of carbonyl (C=O) groups is 4. The van der Waals surface area contributed by atoms with Crippen LogP contribution in [0.4, 0.5) is 15.8 Å². The number of aromatic hydroxyl groups is 1. The minimum Gasteiger partial charge on any atom is -0.508 e. The number of nitrogens with zero attached hydrogens (tertiary/aromatic N) is 2. The zero-order valence-corrected chi connectivity index (χ0v) is 29.1. The summed E-state index contributed by atoms with van der Waals surface area (Å²) in [5, 5.41) is 13.0. The van der Waals surface area contributed by atoms with Crippen molar-refractivity contribution in [3.8, 4) is 11.5 Å². The molecule has 2 aliphatic carbocycles. The first-order valence-corrected chi connectivity index (χ1v) is 17.7. The Kier molecular flexibility index (Phi) is 8.17. The number of aryl methyl sites for hydroxylation is 1. The van der Waals surface area contributed by atoms with Gasteiger partial charge in [-0.2, -0.15) is 5.01 Å². The lowest BCUT2D eigenvalue weighted by Gasteiger charge is -2.50. The van der Waals surface area contributed by atoms with Crippen LogP contribution in [-0.2, 0) is 31.0 Å². The van der Waals surface area contributed by atoms with Crippen LogP contribution in [-0.4, -0.2) is 40.9 Å². The van der Waals surface area contributed by atoms with E-state index in [2.05, 4.69) is 5.43 Å². The van der Waals surface area contributed by atoms with Gasteiger partial charge < -0.3 is 9.84 Å². The first-order chi connectivity index (χ1) is 25.1. The summed E-state index contributed by atoms with van der Waals surface area (Å²) in [6.45, 7) is 2.03. The van der Waals surface area contributed by atoms with Crippen LogP contribution in [0.5, 0.6) is 11.5 Å². The Hall–Kier alpha value is -5.48. The maximum absolute atomic E-state index is 15.3. The Labute approximate surface area is 304 Å². The van der Waals surface area contributed by atoms with Crippen LogP contribution in [0.15, 0.2) is 103 Å². The number of hydrazine groups is 1. The number of anilines is 2. The second-order valence-electron chi connectivity index (χ2n) is 13.8. The maximum atomic E-state index is 15.3. The van der Waals surface area contributed by atoms with Crippen LogP contribution < -0.4 is 15.1 Å². The van der Waals surface area contributed by atoms with Gasteiger partial charge in [-0.3, -0.25) is 29.5 Å². The molecule has 264 valence electrons. The molecule has 1 saturated carbocycles. The summed E-state index contributed by atoms with van der Waals surface area (Å²) in [4.78, 5) is 60.0. The molecule has 0 spiro atoms. The predicted octanol–water partition coefficient (Wildman–Crippen LogP) is 6.95. The Morgan fingerprint density at radius 3 is 2.29 bits per heavy atom. The van der Waals surface area contributed by atoms with E-state index in [1.807, 2.05) is 25.1 Å². The van der Waals surface area contributed by atoms with E-state index < -0.39 is 52.6 Å². The number of benzene rings is 4. The highest BCUT2D eigenvalue weighted by Gasteiger charge is 2.71. The normalized spacial score (nSPS) is 26.5. The van der Waals surface area contributed by atoms with Crippen LogP contribution in [0.2, 0.25) is 5.02 Å². The van der Waals surface area contributed by atoms with Gasteiger partial charge in [0.1, 0.15) is 17.3 Å². The monoisotopic (exact) mass is 719 g/mol. The molecule has 0 bridgehead atoms. The molecule has 0 radical (unpaired) electrons. The first kappa shape index (κ1) is 33.7. The van der Waals surface area contributed by atoms with Crippen LogP contribution >= 0.6 is 11.6 Å². The maximum Gasteiger partial charge on any atom is 0.260 e. The van der Waals surface area contributed by atoms with Crippen molar-refractivity contribution in [3.05, 3.63) is 130 Å². The minimum absolute atomic E-state index is 0.0653. The third-order valence-corrected chi connectivity index (χ3v) is 11.7. The molecule has 6 atom stereocenters. The van der Waals surface area contributed by atoms with Crippen LogP contribution in [0, 0.1) is 29.5 Å². The largest absolute Gasteiger partial charge is 0.508 e. The van der Waals surface area contributed by atoms with E-state index in [4.69, 9.17) is 16.3 Å². The predicted molar refractivity (Wildman–Crippen MR) is 192 cm³/mol. The van der Waals surface area contributed by atoms with E-state index in [1.54, 1.807) is 48.5 Å². The Balaban J connectivity index is 1.34. The number of ether oxygens (including phenoxy) is 1. The van der Waals surface area contributed by atoms with E-state index in [1.165, 1.54) is 42.3 Å². The van der Waals surface area contributed by atoms with Gasteiger partial charge in [0.05, 0.1) is 41.7 Å². The molecule has 2 saturated heterocycles. The number of phenolic OH excluding ortho intramolecular Hbond substituents is 1. The number of methoxy groups -OCH3 is 1. The number of rotatable bonds is 7. The Morgan fingerprint density at radius 1 is 0.904 bits per heavy atom. The third kappa shape index (κ3) is 4.87.